The molecule has 1 aliphatic heterocycles. The van der Waals surface area contributed by atoms with Gasteiger partial charge in [0.05, 0.1) is 19.0 Å². The van der Waals surface area contributed by atoms with Gasteiger partial charge in [-0.3, -0.25) is 19.2 Å². The minimum atomic E-state index is -1.34. The highest BCUT2D eigenvalue weighted by atomic mass is 16.4. The van der Waals surface area contributed by atoms with Crippen molar-refractivity contribution in [2.45, 2.75) is 43.8 Å². The van der Waals surface area contributed by atoms with Crippen LogP contribution in [0.3, 0.4) is 0 Å². The van der Waals surface area contributed by atoms with Gasteiger partial charge >= 0.3 is 5.97 Å². The summed E-state index contributed by atoms with van der Waals surface area (Å²) in [5.41, 5.74) is 11.7. The monoisotopic (exact) mass is 449 g/mol. The molecular formula is C20H27N5O7. The second-order valence-electron chi connectivity index (χ2n) is 7.51. The molecule has 1 saturated heterocycles. The predicted octanol–water partition coefficient (Wildman–Crippen LogP) is -2.19. The zero-order valence-electron chi connectivity index (χ0n) is 17.3. The fourth-order valence-electron chi connectivity index (χ4n) is 3.41. The molecule has 0 radical (unpaired) electrons. The molecule has 1 aliphatic rings. The maximum Gasteiger partial charge on any atom is 0.326 e. The van der Waals surface area contributed by atoms with E-state index in [-0.39, 0.29) is 25.1 Å². The Morgan fingerprint density at radius 1 is 1.16 bits per heavy atom. The smallest absolute Gasteiger partial charge is 0.326 e. The lowest BCUT2D eigenvalue weighted by atomic mass is 10.1. The number of phenols is 1. The fraction of sp³-hybridized carbons (Fsp3) is 0.450. The van der Waals surface area contributed by atoms with E-state index in [1.54, 1.807) is 12.1 Å². The molecule has 174 valence electrons. The van der Waals surface area contributed by atoms with Crippen molar-refractivity contribution in [1.29, 1.82) is 0 Å². The van der Waals surface area contributed by atoms with Crippen LogP contribution in [-0.4, -0.2) is 75.9 Å². The van der Waals surface area contributed by atoms with Crippen molar-refractivity contribution in [1.82, 2.24) is 15.5 Å². The van der Waals surface area contributed by atoms with Crippen molar-refractivity contribution in [3.05, 3.63) is 29.8 Å². The highest BCUT2D eigenvalue weighted by Gasteiger charge is 2.38. The molecule has 0 unspecified atom stereocenters. The van der Waals surface area contributed by atoms with Crippen LogP contribution in [0.5, 0.6) is 5.75 Å². The molecule has 12 nitrogen and oxygen atoms in total. The van der Waals surface area contributed by atoms with E-state index in [9.17, 15) is 34.2 Å². The van der Waals surface area contributed by atoms with Gasteiger partial charge in [-0.1, -0.05) is 12.1 Å². The molecule has 32 heavy (non-hydrogen) atoms. The van der Waals surface area contributed by atoms with Gasteiger partial charge in [-0.05, 0) is 37.0 Å². The van der Waals surface area contributed by atoms with E-state index in [4.69, 9.17) is 11.5 Å². The van der Waals surface area contributed by atoms with Crippen LogP contribution < -0.4 is 22.1 Å². The lowest BCUT2D eigenvalue weighted by Gasteiger charge is -2.26. The summed E-state index contributed by atoms with van der Waals surface area (Å²) in [6.07, 6.45) is 0.409. The molecule has 0 aromatic heterocycles. The summed E-state index contributed by atoms with van der Waals surface area (Å²) in [6.45, 7) is -0.323. The van der Waals surface area contributed by atoms with Gasteiger partial charge in [0.15, 0.2) is 0 Å². The summed E-state index contributed by atoms with van der Waals surface area (Å²) in [5, 5.41) is 23.2. The molecule has 2 rings (SSSR count). The Balaban J connectivity index is 1.91. The van der Waals surface area contributed by atoms with Crippen molar-refractivity contribution >= 4 is 29.6 Å². The number of benzene rings is 1. The Morgan fingerprint density at radius 3 is 2.41 bits per heavy atom. The predicted molar refractivity (Wildman–Crippen MR) is 111 cm³/mol. The summed E-state index contributed by atoms with van der Waals surface area (Å²) in [5.74, 6) is -4.05. The summed E-state index contributed by atoms with van der Waals surface area (Å²) in [7, 11) is 0. The molecule has 1 aromatic carbocycles. The largest absolute Gasteiger partial charge is 0.508 e. The third-order valence-corrected chi connectivity index (χ3v) is 5.01. The van der Waals surface area contributed by atoms with Gasteiger partial charge < -0.3 is 37.2 Å². The number of carboxylic acids is 1. The number of nitrogens with one attached hydrogen (secondary N) is 2. The normalized spacial score (nSPS) is 17.3. The first-order valence-corrected chi connectivity index (χ1v) is 10.0. The van der Waals surface area contributed by atoms with Crippen LogP contribution in [0.4, 0.5) is 0 Å². The number of hydrogen-bond donors (Lipinski definition) is 6. The number of likely N-dealkylation sites (tertiary alicyclic amines) is 1. The van der Waals surface area contributed by atoms with Gasteiger partial charge in [-0.25, -0.2) is 4.79 Å². The van der Waals surface area contributed by atoms with Crippen LogP contribution in [0.15, 0.2) is 24.3 Å². The molecule has 3 atom stereocenters. The first kappa shape index (κ1) is 24.6. The number of nitrogens with zero attached hydrogens (tertiary/aromatic N) is 1. The van der Waals surface area contributed by atoms with Gasteiger partial charge in [0, 0.05) is 6.54 Å². The Hall–Kier alpha value is -3.67. The minimum Gasteiger partial charge on any atom is -0.508 e. The van der Waals surface area contributed by atoms with E-state index in [0.717, 1.165) is 4.90 Å². The number of rotatable bonds is 10. The van der Waals surface area contributed by atoms with Crippen LogP contribution in [0.1, 0.15) is 24.8 Å². The highest BCUT2D eigenvalue weighted by molar-refractivity contribution is 5.95. The Morgan fingerprint density at radius 2 is 1.81 bits per heavy atom. The molecule has 0 bridgehead atoms. The first-order valence-electron chi connectivity index (χ1n) is 10.0. The molecule has 1 heterocycles. The van der Waals surface area contributed by atoms with Gasteiger partial charge in [0.1, 0.15) is 17.8 Å². The van der Waals surface area contributed by atoms with Crippen molar-refractivity contribution in [3.63, 3.8) is 0 Å². The summed E-state index contributed by atoms with van der Waals surface area (Å²) < 4.78 is 0. The Bertz CT molecular complexity index is 874. The standard InChI is InChI=1S/C20H27N5O7/c21-13(8-11-3-5-12(26)6-4-11)18(29)23-10-17(28)24-14(9-16(22)27)19(30)25-7-1-2-15(25)20(31)32/h3-6,13-15,26H,1-2,7-10,21H2,(H2,22,27)(H,23,29)(H,24,28)(H,31,32)/t13-,14-,15-/m0/s1. The molecule has 8 N–H and O–H groups in total. The van der Waals surface area contributed by atoms with E-state index in [1.807, 2.05) is 0 Å². The van der Waals surface area contributed by atoms with Crippen molar-refractivity contribution in [2.24, 2.45) is 11.5 Å². The van der Waals surface area contributed by atoms with E-state index in [0.29, 0.717) is 12.0 Å². The number of hydrogen-bond acceptors (Lipinski definition) is 7. The third-order valence-electron chi connectivity index (χ3n) is 5.01. The SMILES string of the molecule is NC(=O)C[C@H](NC(=O)CNC(=O)[C@@H](N)Cc1ccc(O)cc1)C(=O)N1CCC[C@H]1C(=O)O. The number of carbonyl (C=O) groups excluding carboxylic acids is 4. The maximum absolute atomic E-state index is 12.7. The molecule has 0 aliphatic carbocycles. The quantitative estimate of drug-likeness (QED) is 0.231. The number of nitrogens with two attached hydrogens (primary N) is 2. The van der Waals surface area contributed by atoms with Gasteiger partial charge in [-0.15, -0.1) is 0 Å². The molecule has 0 spiro atoms. The fourth-order valence-corrected chi connectivity index (χ4v) is 3.41. The van der Waals surface area contributed by atoms with Crippen molar-refractivity contribution < 1.29 is 34.2 Å². The molecule has 0 saturated carbocycles. The van der Waals surface area contributed by atoms with Crippen LogP contribution in [-0.2, 0) is 30.4 Å². The van der Waals surface area contributed by atoms with Crippen LogP contribution >= 0.6 is 0 Å². The lowest BCUT2D eigenvalue weighted by molar-refractivity contribution is -0.149. The first-order chi connectivity index (χ1) is 15.1. The Kier molecular flexibility index (Phi) is 8.53. The minimum absolute atomic E-state index is 0.0760. The van der Waals surface area contributed by atoms with E-state index in [1.165, 1.54) is 12.1 Å². The maximum atomic E-state index is 12.7. The third kappa shape index (κ3) is 6.94. The van der Waals surface area contributed by atoms with Gasteiger partial charge in [0.25, 0.3) is 0 Å². The average Bonchev–Trinajstić information content (AvgIpc) is 3.22. The summed E-state index contributed by atoms with van der Waals surface area (Å²) >= 11 is 0. The molecular weight excluding hydrogens is 422 g/mol. The van der Waals surface area contributed by atoms with E-state index in [2.05, 4.69) is 10.6 Å². The van der Waals surface area contributed by atoms with Gasteiger partial charge in [0.2, 0.25) is 23.6 Å². The number of aliphatic carboxylic acids is 1. The number of carboxylic acid groups (broad SMARTS) is 1. The Labute approximate surface area is 183 Å². The van der Waals surface area contributed by atoms with Crippen LogP contribution in [0.2, 0.25) is 0 Å². The second-order valence-corrected chi connectivity index (χ2v) is 7.51. The zero-order valence-corrected chi connectivity index (χ0v) is 17.3. The summed E-state index contributed by atoms with van der Waals surface area (Å²) in [4.78, 5) is 60.9. The molecule has 4 amide bonds. The molecule has 12 heteroatoms. The lowest BCUT2D eigenvalue weighted by Crippen LogP contribution is -2.54. The van der Waals surface area contributed by atoms with Crippen LogP contribution in [0.25, 0.3) is 0 Å². The topological polar surface area (TPSA) is 205 Å². The average molecular weight is 449 g/mol. The molecule has 1 fully saturated rings. The number of phenolic OH excluding ortho intramolecular Hbond substituents is 1. The van der Waals surface area contributed by atoms with Crippen LogP contribution in [0, 0.1) is 0 Å². The van der Waals surface area contributed by atoms with E-state index >= 15 is 0 Å². The van der Waals surface area contributed by atoms with Crippen molar-refractivity contribution in [3.8, 4) is 5.75 Å². The number of aromatic hydroxyl groups is 1. The highest BCUT2D eigenvalue weighted by Crippen LogP contribution is 2.19. The van der Waals surface area contributed by atoms with Gasteiger partial charge in [-0.2, -0.15) is 0 Å². The molecule has 1 aromatic rings. The van der Waals surface area contributed by atoms with E-state index < -0.39 is 60.7 Å². The van der Waals surface area contributed by atoms with Crippen molar-refractivity contribution in [2.75, 3.05) is 13.1 Å². The number of primary amides is 1. The number of carbonyl (C=O) groups is 5. The zero-order chi connectivity index (χ0) is 23.8. The second kappa shape index (κ2) is 11.1. The summed E-state index contributed by atoms with van der Waals surface area (Å²) in [6, 6.07) is 2.79. The number of amides is 4.